The Labute approximate surface area is 149 Å². The summed E-state index contributed by atoms with van der Waals surface area (Å²) >= 11 is 0. The molecule has 138 valence electrons. The SMILES string of the molecule is CCC(=O)N[C@H](C(=O)O)C(NC(=O)OCc1ccccc1)c1c[nH]cn1. The fourth-order valence-corrected chi connectivity index (χ4v) is 2.22. The molecule has 0 fully saturated rings. The van der Waals surface area contributed by atoms with Crippen molar-refractivity contribution in [2.45, 2.75) is 32.0 Å². The van der Waals surface area contributed by atoms with E-state index in [9.17, 15) is 19.5 Å². The molecule has 0 radical (unpaired) electrons. The van der Waals surface area contributed by atoms with Gasteiger partial charge in [0.2, 0.25) is 5.91 Å². The molecule has 1 aromatic heterocycles. The third-order valence-corrected chi connectivity index (χ3v) is 3.56. The number of aromatic amines is 1. The van der Waals surface area contributed by atoms with Crippen molar-refractivity contribution >= 4 is 18.0 Å². The number of carbonyl (C=O) groups is 3. The average Bonchev–Trinajstić information content (AvgIpc) is 3.17. The predicted molar refractivity (Wildman–Crippen MR) is 90.9 cm³/mol. The maximum Gasteiger partial charge on any atom is 0.408 e. The van der Waals surface area contributed by atoms with Gasteiger partial charge in [-0.25, -0.2) is 14.6 Å². The fraction of sp³-hybridized carbons (Fsp3) is 0.294. The lowest BCUT2D eigenvalue weighted by Gasteiger charge is -2.24. The summed E-state index contributed by atoms with van der Waals surface area (Å²) in [5.41, 5.74) is 1.04. The average molecular weight is 360 g/mol. The molecule has 9 nitrogen and oxygen atoms in total. The van der Waals surface area contributed by atoms with Crippen LogP contribution in [0.5, 0.6) is 0 Å². The van der Waals surface area contributed by atoms with Crippen molar-refractivity contribution in [3.63, 3.8) is 0 Å². The zero-order valence-corrected chi connectivity index (χ0v) is 14.1. The van der Waals surface area contributed by atoms with Crippen LogP contribution in [0, 0.1) is 0 Å². The lowest BCUT2D eigenvalue weighted by atomic mass is 10.1. The quantitative estimate of drug-likeness (QED) is 0.562. The molecule has 2 amide bonds. The van der Waals surface area contributed by atoms with Crippen LogP contribution < -0.4 is 10.6 Å². The topological polar surface area (TPSA) is 133 Å². The van der Waals surface area contributed by atoms with Crippen LogP contribution in [-0.4, -0.2) is 39.1 Å². The van der Waals surface area contributed by atoms with Crippen LogP contribution in [0.2, 0.25) is 0 Å². The molecule has 2 rings (SSSR count). The van der Waals surface area contributed by atoms with Crippen LogP contribution in [-0.2, 0) is 20.9 Å². The number of ether oxygens (including phenoxy) is 1. The summed E-state index contributed by atoms with van der Waals surface area (Å²) in [4.78, 5) is 42.1. The normalized spacial score (nSPS) is 12.7. The minimum atomic E-state index is -1.39. The third kappa shape index (κ3) is 5.33. The van der Waals surface area contributed by atoms with Gasteiger partial charge in [-0.3, -0.25) is 4.79 Å². The van der Waals surface area contributed by atoms with Crippen molar-refractivity contribution in [3.8, 4) is 0 Å². The van der Waals surface area contributed by atoms with Gasteiger partial charge in [-0.05, 0) is 5.56 Å². The number of aliphatic carboxylic acids is 1. The van der Waals surface area contributed by atoms with Crippen LogP contribution in [0.1, 0.15) is 30.6 Å². The van der Waals surface area contributed by atoms with Crippen LogP contribution in [0.3, 0.4) is 0 Å². The number of nitrogens with one attached hydrogen (secondary N) is 3. The Bertz CT molecular complexity index is 733. The molecular formula is C17H20N4O5. The molecule has 1 aromatic carbocycles. The number of hydrogen-bond donors (Lipinski definition) is 4. The van der Waals surface area contributed by atoms with Crippen molar-refractivity contribution in [2.75, 3.05) is 0 Å². The Kier molecular flexibility index (Phi) is 6.72. The molecule has 26 heavy (non-hydrogen) atoms. The number of H-pyrrole nitrogens is 1. The molecule has 0 aliphatic rings. The fourth-order valence-electron chi connectivity index (χ4n) is 2.22. The molecular weight excluding hydrogens is 340 g/mol. The number of hydrogen-bond acceptors (Lipinski definition) is 5. The molecule has 0 aliphatic heterocycles. The smallest absolute Gasteiger partial charge is 0.408 e. The third-order valence-electron chi connectivity index (χ3n) is 3.56. The van der Waals surface area contributed by atoms with Crippen molar-refractivity contribution in [1.82, 2.24) is 20.6 Å². The molecule has 0 spiro atoms. The van der Waals surface area contributed by atoms with Crippen molar-refractivity contribution in [1.29, 1.82) is 0 Å². The van der Waals surface area contributed by atoms with Crippen molar-refractivity contribution in [3.05, 3.63) is 54.1 Å². The highest BCUT2D eigenvalue weighted by molar-refractivity contribution is 5.84. The summed E-state index contributed by atoms with van der Waals surface area (Å²) < 4.78 is 5.12. The number of carboxylic acids is 1. The first-order valence-electron chi connectivity index (χ1n) is 7.99. The van der Waals surface area contributed by atoms with Crippen LogP contribution in [0.4, 0.5) is 4.79 Å². The lowest BCUT2D eigenvalue weighted by molar-refractivity contribution is -0.142. The van der Waals surface area contributed by atoms with Gasteiger partial charge in [0.1, 0.15) is 12.6 Å². The maximum atomic E-state index is 12.1. The minimum Gasteiger partial charge on any atom is -0.480 e. The molecule has 1 unspecified atom stereocenters. The van der Waals surface area contributed by atoms with E-state index in [0.717, 1.165) is 5.56 Å². The molecule has 1 heterocycles. The number of imidazole rings is 1. The Hall–Kier alpha value is -3.36. The number of carboxylic acid groups (broad SMARTS) is 1. The molecule has 0 saturated carbocycles. The minimum absolute atomic E-state index is 0.0268. The number of amides is 2. The van der Waals surface area contributed by atoms with Gasteiger partial charge < -0.3 is 25.5 Å². The molecule has 0 aliphatic carbocycles. The van der Waals surface area contributed by atoms with Crippen molar-refractivity contribution in [2.24, 2.45) is 0 Å². The molecule has 0 bridgehead atoms. The number of rotatable bonds is 8. The van der Waals surface area contributed by atoms with E-state index in [4.69, 9.17) is 4.74 Å². The Balaban J connectivity index is 2.10. The molecule has 4 N–H and O–H groups in total. The van der Waals surface area contributed by atoms with Gasteiger partial charge >= 0.3 is 12.1 Å². The first-order chi connectivity index (χ1) is 12.5. The van der Waals surface area contributed by atoms with E-state index in [0.29, 0.717) is 0 Å². The number of alkyl carbamates (subject to hydrolysis) is 1. The summed E-state index contributed by atoms with van der Waals surface area (Å²) in [7, 11) is 0. The van der Waals surface area contributed by atoms with Gasteiger partial charge in [0, 0.05) is 12.6 Å². The van der Waals surface area contributed by atoms with E-state index >= 15 is 0 Å². The first kappa shape index (κ1) is 19.0. The van der Waals surface area contributed by atoms with Crippen LogP contribution in [0.15, 0.2) is 42.9 Å². The van der Waals surface area contributed by atoms with Gasteiger partial charge in [-0.2, -0.15) is 0 Å². The van der Waals surface area contributed by atoms with Gasteiger partial charge in [-0.1, -0.05) is 37.3 Å². The summed E-state index contributed by atoms with van der Waals surface area (Å²) in [6.07, 6.45) is 2.07. The van der Waals surface area contributed by atoms with E-state index in [1.165, 1.54) is 12.5 Å². The second-order valence-corrected chi connectivity index (χ2v) is 5.41. The highest BCUT2D eigenvalue weighted by Gasteiger charge is 2.33. The molecule has 0 saturated heterocycles. The molecule has 2 atom stereocenters. The summed E-state index contributed by atoms with van der Waals surface area (Å²) in [6.45, 7) is 1.62. The van der Waals surface area contributed by atoms with E-state index < -0.39 is 30.1 Å². The summed E-state index contributed by atoms with van der Waals surface area (Å²) in [5, 5.41) is 14.3. The highest BCUT2D eigenvalue weighted by Crippen LogP contribution is 2.15. The Morgan fingerprint density at radius 2 is 1.96 bits per heavy atom. The van der Waals surface area contributed by atoms with E-state index in [2.05, 4.69) is 20.6 Å². The van der Waals surface area contributed by atoms with E-state index in [-0.39, 0.29) is 18.7 Å². The molecule has 2 aromatic rings. The summed E-state index contributed by atoms with van der Waals surface area (Å²) in [5.74, 6) is -1.76. The molecule has 9 heteroatoms. The Morgan fingerprint density at radius 3 is 2.54 bits per heavy atom. The second kappa shape index (κ2) is 9.21. The van der Waals surface area contributed by atoms with Gasteiger partial charge in [0.15, 0.2) is 6.04 Å². The van der Waals surface area contributed by atoms with E-state index in [1.807, 2.05) is 18.2 Å². The predicted octanol–water partition coefficient (Wildman–Crippen LogP) is 1.36. The monoisotopic (exact) mass is 360 g/mol. The van der Waals surface area contributed by atoms with Gasteiger partial charge in [0.25, 0.3) is 0 Å². The second-order valence-electron chi connectivity index (χ2n) is 5.41. The lowest BCUT2D eigenvalue weighted by Crippen LogP contribution is -2.50. The maximum absolute atomic E-state index is 12.1. The van der Waals surface area contributed by atoms with Gasteiger partial charge in [0.05, 0.1) is 12.0 Å². The zero-order valence-electron chi connectivity index (χ0n) is 14.1. The standard InChI is InChI=1S/C17H20N4O5/c1-2-13(22)20-15(16(23)24)14(12-8-18-10-19-12)21-17(25)26-9-11-6-4-3-5-7-11/h3-8,10,14-15H,2,9H2,1H3,(H,18,19)(H,20,22)(H,21,25)(H,23,24)/t14?,15-/m0/s1. The summed E-state index contributed by atoms with van der Waals surface area (Å²) in [6, 6.07) is 6.55. The first-order valence-corrected chi connectivity index (χ1v) is 7.99. The zero-order chi connectivity index (χ0) is 18.9. The number of benzene rings is 1. The van der Waals surface area contributed by atoms with E-state index in [1.54, 1.807) is 19.1 Å². The van der Waals surface area contributed by atoms with Crippen LogP contribution in [0.25, 0.3) is 0 Å². The largest absolute Gasteiger partial charge is 0.480 e. The Morgan fingerprint density at radius 1 is 1.23 bits per heavy atom. The van der Waals surface area contributed by atoms with Crippen LogP contribution >= 0.6 is 0 Å². The van der Waals surface area contributed by atoms with Gasteiger partial charge in [-0.15, -0.1) is 0 Å². The number of aromatic nitrogens is 2. The highest BCUT2D eigenvalue weighted by atomic mass is 16.5. The number of nitrogens with zero attached hydrogens (tertiary/aromatic N) is 1. The van der Waals surface area contributed by atoms with Crippen molar-refractivity contribution < 1.29 is 24.2 Å². The number of carbonyl (C=O) groups excluding carboxylic acids is 2.